The van der Waals surface area contributed by atoms with E-state index in [-0.39, 0.29) is 11.5 Å². The Hall–Kier alpha value is -3.19. The molecular weight excluding hydrogens is 519 g/mol. The van der Waals surface area contributed by atoms with Crippen molar-refractivity contribution >= 4 is 14.1 Å². The average molecular weight is 545 g/mol. The standard InChI is InChI=1S/C22H26F2N3O9P/c1-12(2)34-17(29)13(3)26-37(32)36-15-8-6-5-7-14(15)33-11-22(24)18(30)21(4,23)19(35-22)27-10-9-16(28)25-20(27)31/h5-10,12-13,18-19,30H,11H2,1-4H3,(H,25,28,31)/t13-,18-,19+,21+,22+/m0/s1. The van der Waals surface area contributed by atoms with Gasteiger partial charge in [0.05, 0.1) is 6.10 Å². The predicted octanol–water partition coefficient (Wildman–Crippen LogP) is 1.47. The van der Waals surface area contributed by atoms with Crippen molar-refractivity contribution in [2.45, 2.75) is 63.7 Å². The van der Waals surface area contributed by atoms with Gasteiger partial charge >= 0.3 is 19.8 Å². The quantitative estimate of drug-likeness (QED) is 0.351. The van der Waals surface area contributed by atoms with Gasteiger partial charge in [-0.3, -0.25) is 18.9 Å². The average Bonchev–Trinajstić information content (AvgIpc) is 2.98. The lowest BCUT2D eigenvalue weighted by molar-refractivity contribution is -0.203. The first kappa shape index (κ1) is 28.4. The van der Waals surface area contributed by atoms with Crippen molar-refractivity contribution in [1.82, 2.24) is 9.55 Å². The monoisotopic (exact) mass is 545 g/mol. The lowest BCUT2D eigenvalue weighted by Gasteiger charge is -2.25. The van der Waals surface area contributed by atoms with Gasteiger partial charge in [0, 0.05) is 12.3 Å². The highest BCUT2D eigenvalue weighted by molar-refractivity contribution is 7.34. The van der Waals surface area contributed by atoms with Crippen molar-refractivity contribution in [2.75, 3.05) is 6.61 Å². The predicted molar refractivity (Wildman–Crippen MR) is 123 cm³/mol. The normalized spacial score (nSPS) is 26.7. The molecule has 1 saturated heterocycles. The van der Waals surface area contributed by atoms with Gasteiger partial charge in [-0.25, -0.2) is 18.4 Å². The van der Waals surface area contributed by atoms with Crippen molar-refractivity contribution in [1.29, 1.82) is 0 Å². The maximum atomic E-state index is 15.6. The summed E-state index contributed by atoms with van der Waals surface area (Å²) in [5, 5.41) is 10.4. The third-order valence-electron chi connectivity index (χ3n) is 5.25. The summed E-state index contributed by atoms with van der Waals surface area (Å²) < 4.78 is 55.9. The molecule has 0 radical (unpaired) electrons. The van der Waals surface area contributed by atoms with Gasteiger partial charge in [-0.1, -0.05) is 16.9 Å². The number of H-pyrrole nitrogens is 1. The van der Waals surface area contributed by atoms with Crippen LogP contribution in [0.5, 0.6) is 11.5 Å². The van der Waals surface area contributed by atoms with E-state index in [4.69, 9.17) is 18.7 Å². The Bertz CT molecular complexity index is 1280. The molecule has 1 aliphatic heterocycles. The second-order valence-electron chi connectivity index (χ2n) is 8.67. The molecule has 15 heteroatoms. The van der Waals surface area contributed by atoms with Crippen molar-refractivity contribution in [3.8, 4) is 11.5 Å². The van der Waals surface area contributed by atoms with Crippen LogP contribution in [0.15, 0.2) is 50.9 Å². The van der Waals surface area contributed by atoms with Crippen molar-refractivity contribution in [2.24, 2.45) is 4.74 Å². The number of alkyl halides is 2. The van der Waals surface area contributed by atoms with E-state index in [1.165, 1.54) is 31.2 Å². The number of hydrogen-bond acceptors (Lipinski definition) is 10. The van der Waals surface area contributed by atoms with Gasteiger partial charge in [0.15, 0.2) is 36.4 Å². The summed E-state index contributed by atoms with van der Waals surface area (Å²) in [6.45, 7) is 4.42. The Morgan fingerprint density at radius 3 is 2.54 bits per heavy atom. The summed E-state index contributed by atoms with van der Waals surface area (Å²) in [7, 11) is -2.78. The van der Waals surface area contributed by atoms with E-state index in [9.17, 15) is 24.4 Å². The molecule has 202 valence electrons. The Balaban J connectivity index is 1.76. The molecule has 1 aromatic heterocycles. The summed E-state index contributed by atoms with van der Waals surface area (Å²) in [6.07, 6.45) is -3.83. The Kier molecular flexibility index (Phi) is 8.48. The van der Waals surface area contributed by atoms with E-state index < -0.39 is 68.0 Å². The first-order valence-corrected chi connectivity index (χ1v) is 12.2. The molecule has 0 saturated carbocycles. The molecule has 2 N–H and O–H groups in total. The number of halogens is 2. The molecule has 12 nitrogen and oxygen atoms in total. The second-order valence-corrected chi connectivity index (χ2v) is 9.56. The number of hydrogen-bond donors (Lipinski definition) is 2. The molecule has 1 aromatic carbocycles. The molecule has 37 heavy (non-hydrogen) atoms. The fourth-order valence-electron chi connectivity index (χ4n) is 3.42. The van der Waals surface area contributed by atoms with Gasteiger partial charge in [0.2, 0.25) is 5.75 Å². The van der Waals surface area contributed by atoms with E-state index in [1.54, 1.807) is 13.8 Å². The van der Waals surface area contributed by atoms with Crippen LogP contribution < -0.4 is 25.4 Å². The van der Waals surface area contributed by atoms with Crippen molar-refractivity contribution in [3.63, 3.8) is 0 Å². The largest absolute Gasteiger partial charge is 0.575 e. The van der Waals surface area contributed by atoms with Gasteiger partial charge in [0.1, 0.15) is 0 Å². The van der Waals surface area contributed by atoms with Crippen LogP contribution in [0.1, 0.15) is 33.9 Å². The summed E-state index contributed by atoms with van der Waals surface area (Å²) in [5.41, 5.74) is -4.64. The number of aromatic nitrogens is 2. The smallest absolute Gasteiger partial charge is 0.395 e. The zero-order valence-corrected chi connectivity index (χ0v) is 21.2. The molecule has 1 aliphatic rings. The van der Waals surface area contributed by atoms with E-state index in [1.807, 2.05) is 4.98 Å². The van der Waals surface area contributed by atoms with Crippen LogP contribution in [0.3, 0.4) is 0 Å². The molecule has 0 bridgehead atoms. The maximum Gasteiger partial charge on any atom is 0.395 e. The molecule has 0 amide bonds. The molecule has 2 heterocycles. The zero-order chi connectivity index (χ0) is 27.5. The minimum atomic E-state index is -3.14. The SMILES string of the molecule is CC(C)OC(=O)[C@H](C)N=[P+]([O-])Oc1ccccc1OC[C@@]1(F)O[C@@H](n2ccc(=O)[nH]c2=O)[C@](C)(F)[C@@H]1O. The summed E-state index contributed by atoms with van der Waals surface area (Å²) in [5.74, 6) is -4.15. The Morgan fingerprint density at radius 2 is 1.92 bits per heavy atom. The van der Waals surface area contributed by atoms with E-state index in [0.717, 1.165) is 19.2 Å². The van der Waals surface area contributed by atoms with Crippen LogP contribution in [0.25, 0.3) is 0 Å². The zero-order valence-electron chi connectivity index (χ0n) is 20.3. The van der Waals surface area contributed by atoms with E-state index in [2.05, 4.69) is 4.74 Å². The number of esters is 1. The lowest BCUT2D eigenvalue weighted by Crippen LogP contribution is -2.48. The molecule has 0 spiro atoms. The first-order valence-electron chi connectivity index (χ1n) is 11.1. The number of aliphatic hydroxyl groups is 1. The number of rotatable bonds is 9. The van der Waals surface area contributed by atoms with Gasteiger partial charge < -0.3 is 24.2 Å². The van der Waals surface area contributed by atoms with Crippen LogP contribution in [0.2, 0.25) is 0 Å². The molecule has 3 rings (SSSR count). The highest BCUT2D eigenvalue weighted by atomic mass is 31.1. The van der Waals surface area contributed by atoms with Crippen LogP contribution in [0, 0.1) is 0 Å². The number of nitrogens with zero attached hydrogens (tertiary/aromatic N) is 2. The van der Waals surface area contributed by atoms with Crippen molar-refractivity contribution < 1.29 is 42.3 Å². The van der Waals surface area contributed by atoms with Crippen LogP contribution in [0.4, 0.5) is 8.78 Å². The van der Waals surface area contributed by atoms with Crippen LogP contribution in [-0.4, -0.2) is 57.0 Å². The Labute approximate surface area is 210 Å². The molecule has 0 aliphatic carbocycles. The topological polar surface area (TPSA) is 164 Å². The number of aliphatic hydroxyl groups excluding tert-OH is 1. The van der Waals surface area contributed by atoms with Gasteiger partial charge in [0.25, 0.3) is 11.4 Å². The fraction of sp³-hybridized carbons (Fsp3) is 0.500. The molecular formula is C22H26F2N3O9P. The first-order chi connectivity index (χ1) is 17.2. The minimum Gasteiger partial charge on any atom is -0.575 e. The number of ether oxygens (including phenoxy) is 3. The van der Waals surface area contributed by atoms with Crippen molar-refractivity contribution in [3.05, 3.63) is 57.4 Å². The van der Waals surface area contributed by atoms with Crippen LogP contribution >= 0.6 is 8.17 Å². The Morgan fingerprint density at radius 1 is 1.27 bits per heavy atom. The third kappa shape index (κ3) is 6.39. The number of nitrogens with one attached hydrogen (secondary N) is 1. The number of carbonyl (C=O) groups is 1. The van der Waals surface area contributed by atoms with E-state index in [0.29, 0.717) is 4.57 Å². The highest BCUT2D eigenvalue weighted by Crippen LogP contribution is 2.47. The fourth-order valence-corrected chi connectivity index (χ4v) is 4.17. The van der Waals surface area contributed by atoms with Gasteiger partial charge in [-0.05, 0) is 39.8 Å². The summed E-state index contributed by atoms with van der Waals surface area (Å²) in [4.78, 5) is 49.5. The summed E-state index contributed by atoms with van der Waals surface area (Å²) in [6, 6.07) is 5.43. The maximum absolute atomic E-state index is 15.6. The third-order valence-corrected chi connectivity index (χ3v) is 6.14. The van der Waals surface area contributed by atoms with Gasteiger partial charge in [-0.15, -0.1) is 0 Å². The lowest BCUT2D eigenvalue weighted by atomic mass is 9.97. The molecule has 6 atom stereocenters. The second kappa shape index (κ2) is 11.1. The van der Waals surface area contributed by atoms with Crippen LogP contribution in [-0.2, 0) is 14.3 Å². The summed E-state index contributed by atoms with van der Waals surface area (Å²) >= 11 is 0. The van der Waals surface area contributed by atoms with Gasteiger partial charge in [-0.2, -0.15) is 0 Å². The molecule has 2 aromatic rings. The molecule has 1 unspecified atom stereocenters. The highest BCUT2D eigenvalue weighted by Gasteiger charge is 2.65. The number of benzene rings is 1. The van der Waals surface area contributed by atoms with E-state index >= 15 is 8.78 Å². The number of para-hydroxylation sites is 2. The number of aromatic amines is 1. The number of carbonyl (C=O) groups excluding carboxylic acids is 1. The molecule has 1 fully saturated rings. The minimum absolute atomic E-state index is 0.149.